The predicted octanol–water partition coefficient (Wildman–Crippen LogP) is 3.38. The normalized spacial score (nSPS) is 24.0. The van der Waals surface area contributed by atoms with Crippen molar-refractivity contribution in [2.24, 2.45) is 11.7 Å². The molecule has 0 spiro atoms. The van der Waals surface area contributed by atoms with Crippen molar-refractivity contribution >= 4 is 0 Å². The molecule has 2 heteroatoms. The molecular formula is C17H27NO. The van der Waals surface area contributed by atoms with Gasteiger partial charge in [-0.2, -0.15) is 0 Å². The first-order valence-corrected chi connectivity index (χ1v) is 7.51. The van der Waals surface area contributed by atoms with Crippen molar-refractivity contribution in [2.75, 3.05) is 6.61 Å². The molecule has 1 saturated carbocycles. The van der Waals surface area contributed by atoms with Gasteiger partial charge in [0.25, 0.3) is 0 Å². The number of hydrogen-bond acceptors (Lipinski definition) is 2. The molecule has 0 amide bonds. The van der Waals surface area contributed by atoms with Crippen LogP contribution in [0.15, 0.2) is 18.2 Å². The Hall–Kier alpha value is -0.860. The van der Waals surface area contributed by atoms with Crippen LogP contribution in [0.2, 0.25) is 0 Å². The second kappa shape index (κ2) is 6.53. The van der Waals surface area contributed by atoms with Gasteiger partial charge in [-0.05, 0) is 57.9 Å². The summed E-state index contributed by atoms with van der Waals surface area (Å²) >= 11 is 0. The Morgan fingerprint density at radius 2 is 1.84 bits per heavy atom. The predicted molar refractivity (Wildman–Crippen MR) is 80.4 cm³/mol. The molecule has 1 fully saturated rings. The van der Waals surface area contributed by atoms with Gasteiger partial charge in [0, 0.05) is 12.6 Å². The fourth-order valence-corrected chi connectivity index (χ4v) is 3.24. The highest BCUT2D eigenvalue weighted by Crippen LogP contribution is 2.33. The van der Waals surface area contributed by atoms with Crippen LogP contribution in [-0.2, 0) is 11.2 Å². The summed E-state index contributed by atoms with van der Waals surface area (Å²) in [5, 5.41) is 0. The molecule has 0 heterocycles. The van der Waals surface area contributed by atoms with Crippen molar-refractivity contribution in [1.82, 2.24) is 0 Å². The average Bonchev–Trinajstić information content (AvgIpc) is 2.24. The van der Waals surface area contributed by atoms with Crippen molar-refractivity contribution < 1.29 is 4.74 Å². The van der Waals surface area contributed by atoms with Crippen LogP contribution < -0.4 is 5.73 Å². The standard InChI is InChI=1S/C17H27NO/c1-4-19-17-10-15(11-17)9-16(18)8-14-6-12(2)5-13(3)7-14/h5-7,15-17H,4,8-11,18H2,1-3H3. The third kappa shape index (κ3) is 4.32. The van der Waals surface area contributed by atoms with E-state index in [2.05, 4.69) is 39.0 Å². The van der Waals surface area contributed by atoms with E-state index in [1.165, 1.54) is 29.5 Å². The Kier molecular flexibility index (Phi) is 5.00. The Balaban J connectivity index is 1.77. The molecule has 0 bridgehead atoms. The zero-order valence-corrected chi connectivity index (χ0v) is 12.5. The van der Waals surface area contributed by atoms with E-state index in [9.17, 15) is 0 Å². The van der Waals surface area contributed by atoms with E-state index < -0.39 is 0 Å². The zero-order chi connectivity index (χ0) is 13.8. The summed E-state index contributed by atoms with van der Waals surface area (Å²) in [5.74, 6) is 0.775. The van der Waals surface area contributed by atoms with E-state index in [1.54, 1.807) is 0 Å². The van der Waals surface area contributed by atoms with Crippen molar-refractivity contribution in [3.63, 3.8) is 0 Å². The monoisotopic (exact) mass is 261 g/mol. The molecule has 2 nitrogen and oxygen atoms in total. The minimum atomic E-state index is 0.286. The quantitative estimate of drug-likeness (QED) is 0.852. The van der Waals surface area contributed by atoms with Gasteiger partial charge < -0.3 is 10.5 Å². The molecule has 2 N–H and O–H groups in total. The van der Waals surface area contributed by atoms with Crippen LogP contribution in [0, 0.1) is 19.8 Å². The third-order valence-corrected chi connectivity index (χ3v) is 4.01. The van der Waals surface area contributed by atoms with E-state index in [0.29, 0.717) is 6.10 Å². The fourth-order valence-electron chi connectivity index (χ4n) is 3.24. The number of rotatable bonds is 6. The Bertz CT molecular complexity index is 389. The topological polar surface area (TPSA) is 35.2 Å². The fraction of sp³-hybridized carbons (Fsp3) is 0.647. The second-order valence-electron chi connectivity index (χ2n) is 6.11. The number of ether oxygens (including phenoxy) is 1. The lowest BCUT2D eigenvalue weighted by atomic mass is 9.77. The molecule has 1 aromatic carbocycles. The average molecular weight is 261 g/mol. The second-order valence-corrected chi connectivity index (χ2v) is 6.11. The largest absolute Gasteiger partial charge is 0.378 e. The van der Waals surface area contributed by atoms with Gasteiger partial charge in [-0.3, -0.25) is 0 Å². The Labute approximate surface area is 117 Å². The minimum Gasteiger partial charge on any atom is -0.378 e. The van der Waals surface area contributed by atoms with Crippen LogP contribution >= 0.6 is 0 Å². The van der Waals surface area contributed by atoms with Crippen molar-refractivity contribution in [2.45, 2.75) is 58.6 Å². The van der Waals surface area contributed by atoms with Crippen molar-refractivity contribution in [1.29, 1.82) is 0 Å². The first-order chi connectivity index (χ1) is 9.06. The highest BCUT2D eigenvalue weighted by Gasteiger charge is 2.30. The first kappa shape index (κ1) is 14.5. The van der Waals surface area contributed by atoms with Crippen molar-refractivity contribution in [3.05, 3.63) is 34.9 Å². The maximum Gasteiger partial charge on any atom is 0.0580 e. The molecule has 0 radical (unpaired) electrons. The molecule has 1 aliphatic carbocycles. The molecule has 0 aliphatic heterocycles. The molecular weight excluding hydrogens is 234 g/mol. The highest BCUT2D eigenvalue weighted by molar-refractivity contribution is 5.29. The lowest BCUT2D eigenvalue weighted by Gasteiger charge is -2.36. The molecule has 0 aromatic heterocycles. The number of nitrogens with two attached hydrogens (primary N) is 1. The molecule has 1 atom stereocenters. The minimum absolute atomic E-state index is 0.286. The molecule has 1 aromatic rings. The summed E-state index contributed by atoms with van der Waals surface area (Å²) in [6, 6.07) is 7.02. The molecule has 0 saturated heterocycles. The van der Waals surface area contributed by atoms with E-state index >= 15 is 0 Å². The summed E-state index contributed by atoms with van der Waals surface area (Å²) < 4.78 is 5.60. The van der Waals surface area contributed by atoms with Gasteiger partial charge in [0.2, 0.25) is 0 Å². The number of aryl methyl sites for hydroxylation is 2. The first-order valence-electron chi connectivity index (χ1n) is 7.51. The van der Waals surface area contributed by atoms with E-state index in [0.717, 1.165) is 25.4 Å². The zero-order valence-electron chi connectivity index (χ0n) is 12.5. The lowest BCUT2D eigenvalue weighted by Crippen LogP contribution is -2.36. The van der Waals surface area contributed by atoms with Gasteiger partial charge in [0.1, 0.15) is 0 Å². The summed E-state index contributed by atoms with van der Waals surface area (Å²) in [5.41, 5.74) is 10.3. The Morgan fingerprint density at radius 1 is 1.21 bits per heavy atom. The van der Waals surface area contributed by atoms with E-state index in [4.69, 9.17) is 10.5 Å². The summed E-state index contributed by atoms with van der Waals surface area (Å²) in [6.07, 6.45) is 5.04. The molecule has 19 heavy (non-hydrogen) atoms. The SMILES string of the molecule is CCOC1CC(CC(N)Cc2cc(C)cc(C)c2)C1. The molecule has 2 rings (SSSR count). The van der Waals surface area contributed by atoms with E-state index in [-0.39, 0.29) is 6.04 Å². The molecule has 1 aliphatic rings. The summed E-state index contributed by atoms with van der Waals surface area (Å²) in [7, 11) is 0. The maximum atomic E-state index is 6.29. The third-order valence-electron chi connectivity index (χ3n) is 4.01. The van der Waals surface area contributed by atoms with Crippen LogP contribution in [0.3, 0.4) is 0 Å². The van der Waals surface area contributed by atoms with Crippen LogP contribution in [0.4, 0.5) is 0 Å². The van der Waals surface area contributed by atoms with Gasteiger partial charge in [-0.25, -0.2) is 0 Å². The van der Waals surface area contributed by atoms with Crippen LogP contribution in [0.25, 0.3) is 0 Å². The summed E-state index contributed by atoms with van der Waals surface area (Å²) in [4.78, 5) is 0. The van der Waals surface area contributed by atoms with Gasteiger partial charge in [-0.15, -0.1) is 0 Å². The van der Waals surface area contributed by atoms with Gasteiger partial charge in [-0.1, -0.05) is 29.3 Å². The molecule has 1 unspecified atom stereocenters. The van der Waals surface area contributed by atoms with Crippen LogP contribution in [0.1, 0.15) is 42.9 Å². The lowest BCUT2D eigenvalue weighted by molar-refractivity contribution is -0.0280. The molecule has 106 valence electrons. The summed E-state index contributed by atoms with van der Waals surface area (Å²) in [6.45, 7) is 7.21. The van der Waals surface area contributed by atoms with Gasteiger partial charge >= 0.3 is 0 Å². The van der Waals surface area contributed by atoms with Gasteiger partial charge in [0.15, 0.2) is 0 Å². The van der Waals surface area contributed by atoms with Crippen LogP contribution in [0.5, 0.6) is 0 Å². The van der Waals surface area contributed by atoms with E-state index in [1.807, 2.05) is 0 Å². The Morgan fingerprint density at radius 3 is 2.42 bits per heavy atom. The number of benzene rings is 1. The maximum absolute atomic E-state index is 6.29. The smallest absolute Gasteiger partial charge is 0.0580 e. The van der Waals surface area contributed by atoms with Gasteiger partial charge in [0.05, 0.1) is 6.10 Å². The number of hydrogen-bond donors (Lipinski definition) is 1. The highest BCUT2D eigenvalue weighted by atomic mass is 16.5. The van der Waals surface area contributed by atoms with Crippen molar-refractivity contribution in [3.8, 4) is 0 Å². The van der Waals surface area contributed by atoms with Crippen LogP contribution in [-0.4, -0.2) is 18.8 Å².